The Bertz CT molecular complexity index is 735. The van der Waals surface area contributed by atoms with Crippen LogP contribution in [0.5, 0.6) is 0 Å². The van der Waals surface area contributed by atoms with Crippen molar-refractivity contribution in [2.45, 2.75) is 6.92 Å². The number of hydrogen-bond donors (Lipinski definition) is 2. The molecule has 0 aliphatic heterocycles. The second-order valence-electron chi connectivity index (χ2n) is 4.55. The Labute approximate surface area is 131 Å². The molecule has 0 aliphatic rings. The van der Waals surface area contributed by atoms with E-state index in [1.165, 1.54) is 0 Å². The van der Waals surface area contributed by atoms with Crippen LogP contribution in [0.15, 0.2) is 40.9 Å². The monoisotopic (exact) mass is 343 g/mol. The van der Waals surface area contributed by atoms with Crippen molar-refractivity contribution in [3.05, 3.63) is 57.6 Å². The molecule has 2 aromatic rings. The molecular weight excluding hydrogens is 330 g/mol. The number of benzene rings is 2. The van der Waals surface area contributed by atoms with Gasteiger partial charge in [0.15, 0.2) is 0 Å². The molecule has 0 saturated carbocycles. The lowest BCUT2D eigenvalue weighted by Crippen LogP contribution is -2.15. The Morgan fingerprint density at radius 3 is 2.62 bits per heavy atom. The van der Waals surface area contributed by atoms with Gasteiger partial charge in [0.05, 0.1) is 16.8 Å². The van der Waals surface area contributed by atoms with Crippen molar-refractivity contribution in [3.8, 4) is 6.07 Å². The number of aryl methyl sites for hydroxylation is 1. The smallest absolute Gasteiger partial charge is 0.257 e. The highest BCUT2D eigenvalue weighted by Crippen LogP contribution is 2.23. The molecule has 0 aliphatic carbocycles. The molecule has 2 aromatic carbocycles. The number of carbonyl (C=O) groups excluding carboxylic acids is 1. The van der Waals surface area contributed by atoms with Gasteiger partial charge in [-0.2, -0.15) is 5.26 Å². The van der Waals surface area contributed by atoms with Crippen molar-refractivity contribution >= 4 is 33.2 Å². The van der Waals surface area contributed by atoms with Crippen LogP contribution < -0.4 is 10.6 Å². The van der Waals surface area contributed by atoms with E-state index in [0.29, 0.717) is 16.8 Å². The average Bonchev–Trinajstić information content (AvgIpc) is 2.47. The van der Waals surface area contributed by atoms with Crippen LogP contribution in [-0.2, 0) is 0 Å². The lowest BCUT2D eigenvalue weighted by Gasteiger charge is -2.12. The first-order valence-corrected chi connectivity index (χ1v) is 7.14. The maximum absolute atomic E-state index is 12.4. The lowest BCUT2D eigenvalue weighted by atomic mass is 10.1. The Kier molecular flexibility index (Phi) is 4.61. The summed E-state index contributed by atoms with van der Waals surface area (Å²) in [5.41, 5.74) is 3.19. The third-order valence-electron chi connectivity index (χ3n) is 3.04. The molecule has 4 nitrogen and oxygen atoms in total. The van der Waals surface area contributed by atoms with Gasteiger partial charge in [-0.15, -0.1) is 0 Å². The fraction of sp³-hybridized carbons (Fsp3) is 0.125. The molecule has 0 fully saturated rings. The van der Waals surface area contributed by atoms with Gasteiger partial charge >= 0.3 is 0 Å². The van der Waals surface area contributed by atoms with Crippen LogP contribution in [0.2, 0.25) is 0 Å². The van der Waals surface area contributed by atoms with E-state index in [9.17, 15) is 4.79 Å². The number of hydrogen-bond acceptors (Lipinski definition) is 3. The zero-order chi connectivity index (χ0) is 15.4. The van der Waals surface area contributed by atoms with Crippen molar-refractivity contribution in [2.24, 2.45) is 0 Å². The molecule has 0 aromatic heterocycles. The Balaban J connectivity index is 2.37. The average molecular weight is 344 g/mol. The topological polar surface area (TPSA) is 64.9 Å². The minimum Gasteiger partial charge on any atom is -0.387 e. The SMILES string of the molecule is CNc1ccc(C)cc1C(=O)Nc1cc(Br)ccc1C#N. The number of anilines is 2. The second-order valence-corrected chi connectivity index (χ2v) is 5.47. The number of nitrogens with zero attached hydrogens (tertiary/aromatic N) is 1. The molecule has 0 heterocycles. The zero-order valence-corrected chi connectivity index (χ0v) is 13.3. The highest BCUT2D eigenvalue weighted by Gasteiger charge is 2.13. The molecule has 1 amide bonds. The van der Waals surface area contributed by atoms with Gasteiger partial charge in [-0.05, 0) is 37.3 Å². The molecule has 0 unspecified atom stereocenters. The highest BCUT2D eigenvalue weighted by molar-refractivity contribution is 9.10. The van der Waals surface area contributed by atoms with Gasteiger partial charge in [-0.25, -0.2) is 0 Å². The maximum Gasteiger partial charge on any atom is 0.257 e. The highest BCUT2D eigenvalue weighted by atomic mass is 79.9. The molecule has 0 radical (unpaired) electrons. The van der Waals surface area contributed by atoms with E-state index in [2.05, 4.69) is 32.6 Å². The molecule has 5 heteroatoms. The predicted molar refractivity (Wildman–Crippen MR) is 87.5 cm³/mol. The van der Waals surface area contributed by atoms with Gasteiger partial charge < -0.3 is 10.6 Å². The van der Waals surface area contributed by atoms with Gasteiger partial charge in [0, 0.05) is 17.2 Å². The minimum absolute atomic E-state index is 0.252. The number of carbonyl (C=O) groups is 1. The van der Waals surface area contributed by atoms with E-state index < -0.39 is 0 Å². The predicted octanol–water partition coefficient (Wildman–Crippen LogP) is 3.92. The Morgan fingerprint density at radius 2 is 1.95 bits per heavy atom. The van der Waals surface area contributed by atoms with Crippen LogP contribution in [0.1, 0.15) is 21.5 Å². The molecule has 0 bridgehead atoms. The first-order valence-electron chi connectivity index (χ1n) is 6.34. The standard InChI is InChI=1S/C16H14BrN3O/c1-10-3-6-14(19-2)13(7-10)16(21)20-15-8-12(17)5-4-11(15)9-18/h3-8,19H,1-2H3,(H,20,21). The molecule has 0 atom stereocenters. The van der Waals surface area contributed by atoms with Crippen LogP contribution in [0.3, 0.4) is 0 Å². The summed E-state index contributed by atoms with van der Waals surface area (Å²) in [6, 6.07) is 12.8. The van der Waals surface area contributed by atoms with Gasteiger partial charge in [0.2, 0.25) is 0 Å². The summed E-state index contributed by atoms with van der Waals surface area (Å²) in [6.07, 6.45) is 0. The van der Waals surface area contributed by atoms with E-state index in [1.807, 2.05) is 25.1 Å². The number of halogens is 1. The quantitative estimate of drug-likeness (QED) is 0.887. The van der Waals surface area contributed by atoms with E-state index in [4.69, 9.17) is 5.26 Å². The number of amides is 1. The number of nitrogens with one attached hydrogen (secondary N) is 2. The van der Waals surface area contributed by atoms with Gasteiger partial charge in [-0.3, -0.25) is 4.79 Å². The van der Waals surface area contributed by atoms with Crippen LogP contribution in [0.25, 0.3) is 0 Å². The third-order valence-corrected chi connectivity index (χ3v) is 3.53. The molecule has 2 N–H and O–H groups in total. The fourth-order valence-corrected chi connectivity index (χ4v) is 2.33. The summed E-state index contributed by atoms with van der Waals surface area (Å²) in [7, 11) is 1.77. The normalized spacial score (nSPS) is 9.81. The largest absolute Gasteiger partial charge is 0.387 e. The summed E-state index contributed by atoms with van der Waals surface area (Å²) in [5.74, 6) is -0.252. The lowest BCUT2D eigenvalue weighted by molar-refractivity contribution is 0.102. The first kappa shape index (κ1) is 15.1. The minimum atomic E-state index is -0.252. The van der Waals surface area contributed by atoms with Crippen LogP contribution in [0.4, 0.5) is 11.4 Å². The van der Waals surface area contributed by atoms with Crippen LogP contribution in [0, 0.1) is 18.3 Å². The Morgan fingerprint density at radius 1 is 1.19 bits per heavy atom. The van der Waals surface area contributed by atoms with Crippen molar-refractivity contribution in [3.63, 3.8) is 0 Å². The van der Waals surface area contributed by atoms with Crippen molar-refractivity contribution in [1.82, 2.24) is 0 Å². The van der Waals surface area contributed by atoms with Gasteiger partial charge in [0.1, 0.15) is 6.07 Å². The maximum atomic E-state index is 12.4. The summed E-state index contributed by atoms with van der Waals surface area (Å²) in [6.45, 7) is 1.93. The second kappa shape index (κ2) is 6.42. The van der Waals surface area contributed by atoms with E-state index in [-0.39, 0.29) is 5.91 Å². The molecule has 0 spiro atoms. The van der Waals surface area contributed by atoms with Crippen molar-refractivity contribution < 1.29 is 4.79 Å². The van der Waals surface area contributed by atoms with Gasteiger partial charge in [0.25, 0.3) is 5.91 Å². The molecule has 2 rings (SSSR count). The Hall–Kier alpha value is -2.32. The van der Waals surface area contributed by atoms with Crippen molar-refractivity contribution in [1.29, 1.82) is 5.26 Å². The molecular formula is C16H14BrN3O. The summed E-state index contributed by atoms with van der Waals surface area (Å²) >= 11 is 3.34. The van der Waals surface area contributed by atoms with Crippen LogP contribution >= 0.6 is 15.9 Å². The molecule has 21 heavy (non-hydrogen) atoms. The van der Waals surface area contributed by atoms with E-state index in [1.54, 1.807) is 25.2 Å². The number of rotatable bonds is 3. The summed E-state index contributed by atoms with van der Waals surface area (Å²) in [5, 5.41) is 14.9. The molecule has 0 saturated heterocycles. The summed E-state index contributed by atoms with van der Waals surface area (Å²) < 4.78 is 0.801. The van der Waals surface area contributed by atoms with Crippen LogP contribution in [-0.4, -0.2) is 13.0 Å². The van der Waals surface area contributed by atoms with E-state index in [0.717, 1.165) is 15.7 Å². The third kappa shape index (κ3) is 3.41. The fourth-order valence-electron chi connectivity index (χ4n) is 1.97. The zero-order valence-electron chi connectivity index (χ0n) is 11.7. The van der Waals surface area contributed by atoms with Crippen molar-refractivity contribution in [2.75, 3.05) is 17.7 Å². The van der Waals surface area contributed by atoms with E-state index >= 15 is 0 Å². The van der Waals surface area contributed by atoms with Gasteiger partial charge in [-0.1, -0.05) is 27.6 Å². The molecule has 106 valence electrons. The first-order chi connectivity index (χ1) is 10.0. The number of nitriles is 1. The summed E-state index contributed by atoms with van der Waals surface area (Å²) in [4.78, 5) is 12.4.